The van der Waals surface area contributed by atoms with E-state index < -0.39 is 0 Å². The van der Waals surface area contributed by atoms with Crippen LogP contribution in [0.1, 0.15) is 30.5 Å². The second-order valence-corrected chi connectivity index (χ2v) is 5.71. The number of hydrogen-bond donors (Lipinski definition) is 1. The van der Waals surface area contributed by atoms with E-state index in [2.05, 4.69) is 49.5 Å². The minimum absolute atomic E-state index is 0.0102. The van der Waals surface area contributed by atoms with Gasteiger partial charge in [-0.2, -0.15) is 5.26 Å². The molecule has 1 N–H and O–H groups in total. The molecule has 2 aromatic rings. The lowest BCUT2D eigenvalue weighted by Gasteiger charge is -2.27. The molecule has 0 atom stereocenters. The van der Waals surface area contributed by atoms with Crippen LogP contribution in [0.4, 0.5) is 5.69 Å². The van der Waals surface area contributed by atoms with Crippen LogP contribution in [0.2, 0.25) is 0 Å². The molecule has 2 heteroatoms. The summed E-state index contributed by atoms with van der Waals surface area (Å²) < 4.78 is 0. The highest BCUT2D eigenvalue weighted by molar-refractivity contribution is 5.62. The highest BCUT2D eigenvalue weighted by Gasteiger charge is 2.20. The summed E-state index contributed by atoms with van der Waals surface area (Å²) in [5.41, 5.74) is 4.05. The first-order valence-electron chi connectivity index (χ1n) is 6.84. The fourth-order valence-electron chi connectivity index (χ4n) is 2.30. The minimum Gasteiger partial charge on any atom is -0.383 e. The van der Waals surface area contributed by atoms with Crippen molar-refractivity contribution in [3.05, 3.63) is 65.2 Å². The SMILES string of the molecule is Cc1cccc(C#N)c1NCC(C)(C)c1ccccc1. The summed E-state index contributed by atoms with van der Waals surface area (Å²) in [5.74, 6) is 0. The number of para-hydroxylation sites is 1. The van der Waals surface area contributed by atoms with Gasteiger partial charge in [-0.1, -0.05) is 56.3 Å². The van der Waals surface area contributed by atoms with E-state index in [9.17, 15) is 5.26 Å². The van der Waals surface area contributed by atoms with Gasteiger partial charge < -0.3 is 5.32 Å². The zero-order valence-electron chi connectivity index (χ0n) is 12.3. The van der Waals surface area contributed by atoms with Crippen molar-refractivity contribution in [1.82, 2.24) is 0 Å². The van der Waals surface area contributed by atoms with E-state index in [1.165, 1.54) is 5.56 Å². The largest absolute Gasteiger partial charge is 0.383 e. The Bertz CT molecular complexity index is 622. The van der Waals surface area contributed by atoms with Gasteiger partial charge in [-0.3, -0.25) is 0 Å². The Kier molecular flexibility index (Phi) is 4.10. The van der Waals surface area contributed by atoms with Gasteiger partial charge in [0.15, 0.2) is 0 Å². The summed E-state index contributed by atoms with van der Waals surface area (Å²) >= 11 is 0. The number of anilines is 1. The molecule has 0 heterocycles. The second-order valence-electron chi connectivity index (χ2n) is 5.71. The number of benzene rings is 2. The van der Waals surface area contributed by atoms with Crippen LogP contribution in [-0.4, -0.2) is 6.54 Å². The maximum absolute atomic E-state index is 9.20. The van der Waals surface area contributed by atoms with Gasteiger partial charge >= 0.3 is 0 Å². The first kappa shape index (κ1) is 14.1. The van der Waals surface area contributed by atoms with Gasteiger partial charge in [0.1, 0.15) is 6.07 Å². The normalized spacial score (nSPS) is 10.9. The zero-order valence-corrected chi connectivity index (χ0v) is 12.3. The molecule has 0 spiro atoms. The van der Waals surface area contributed by atoms with Gasteiger partial charge in [0.05, 0.1) is 11.3 Å². The van der Waals surface area contributed by atoms with Crippen molar-refractivity contribution < 1.29 is 0 Å². The Balaban J connectivity index is 2.19. The van der Waals surface area contributed by atoms with Gasteiger partial charge in [0.2, 0.25) is 0 Å². The molecule has 0 aromatic heterocycles. The molecule has 0 amide bonds. The Morgan fingerprint density at radius 1 is 1.05 bits per heavy atom. The first-order chi connectivity index (χ1) is 9.54. The molecule has 2 rings (SSSR count). The lowest BCUT2D eigenvalue weighted by molar-refractivity contribution is 0.557. The number of hydrogen-bond acceptors (Lipinski definition) is 2. The van der Waals surface area contributed by atoms with Crippen molar-refractivity contribution in [3.63, 3.8) is 0 Å². The maximum Gasteiger partial charge on any atom is 0.101 e. The summed E-state index contributed by atoms with van der Waals surface area (Å²) in [6, 6.07) is 18.5. The molecule has 0 saturated carbocycles. The number of nitriles is 1. The Morgan fingerprint density at radius 2 is 1.75 bits per heavy atom. The standard InChI is InChI=1S/C18H20N2/c1-14-8-7-9-15(12-19)17(14)20-13-18(2,3)16-10-5-4-6-11-16/h4-11,20H,13H2,1-3H3. The van der Waals surface area contributed by atoms with Crippen molar-refractivity contribution in [3.8, 4) is 6.07 Å². The molecule has 102 valence electrons. The van der Waals surface area contributed by atoms with Crippen LogP contribution < -0.4 is 5.32 Å². The Labute approximate surface area is 121 Å². The van der Waals surface area contributed by atoms with E-state index in [4.69, 9.17) is 0 Å². The number of aryl methyl sites for hydroxylation is 1. The van der Waals surface area contributed by atoms with E-state index in [0.717, 1.165) is 17.8 Å². The molecule has 20 heavy (non-hydrogen) atoms. The van der Waals surface area contributed by atoms with Crippen LogP contribution in [0, 0.1) is 18.3 Å². The van der Waals surface area contributed by atoms with Crippen molar-refractivity contribution in [2.45, 2.75) is 26.2 Å². The quantitative estimate of drug-likeness (QED) is 0.895. The number of nitrogens with zero attached hydrogens (tertiary/aromatic N) is 1. The first-order valence-corrected chi connectivity index (χ1v) is 6.84. The smallest absolute Gasteiger partial charge is 0.101 e. The monoisotopic (exact) mass is 264 g/mol. The highest BCUT2D eigenvalue weighted by Crippen LogP contribution is 2.26. The number of rotatable bonds is 4. The molecule has 0 aliphatic heterocycles. The third-order valence-electron chi connectivity index (χ3n) is 3.66. The lowest BCUT2D eigenvalue weighted by atomic mass is 9.84. The maximum atomic E-state index is 9.20. The zero-order chi connectivity index (χ0) is 14.6. The molecular formula is C18H20N2. The lowest BCUT2D eigenvalue weighted by Crippen LogP contribution is -2.28. The van der Waals surface area contributed by atoms with E-state index in [1.807, 2.05) is 31.2 Å². The van der Waals surface area contributed by atoms with E-state index in [0.29, 0.717) is 5.56 Å². The highest BCUT2D eigenvalue weighted by atomic mass is 14.9. The third-order valence-corrected chi connectivity index (χ3v) is 3.66. The van der Waals surface area contributed by atoms with E-state index >= 15 is 0 Å². The van der Waals surface area contributed by atoms with Gasteiger partial charge in [-0.25, -0.2) is 0 Å². The average Bonchev–Trinajstić information content (AvgIpc) is 2.46. The minimum atomic E-state index is 0.0102. The molecule has 2 aromatic carbocycles. The molecular weight excluding hydrogens is 244 g/mol. The van der Waals surface area contributed by atoms with Crippen LogP contribution in [0.25, 0.3) is 0 Å². The predicted octanol–water partition coefficient (Wildman–Crippen LogP) is 4.26. The van der Waals surface area contributed by atoms with E-state index in [1.54, 1.807) is 0 Å². The summed E-state index contributed by atoms with van der Waals surface area (Å²) in [7, 11) is 0. The van der Waals surface area contributed by atoms with Crippen LogP contribution in [0.15, 0.2) is 48.5 Å². The van der Waals surface area contributed by atoms with Crippen molar-refractivity contribution in [2.75, 3.05) is 11.9 Å². The average molecular weight is 264 g/mol. The van der Waals surface area contributed by atoms with Gasteiger partial charge in [0.25, 0.3) is 0 Å². The molecule has 0 aliphatic rings. The summed E-state index contributed by atoms with van der Waals surface area (Å²) in [6.07, 6.45) is 0. The Hall–Kier alpha value is -2.27. The summed E-state index contributed by atoms with van der Waals surface area (Å²) in [5, 5.41) is 12.6. The molecule has 0 bridgehead atoms. The fraction of sp³-hybridized carbons (Fsp3) is 0.278. The van der Waals surface area contributed by atoms with Gasteiger partial charge in [-0.15, -0.1) is 0 Å². The van der Waals surface area contributed by atoms with Gasteiger partial charge in [0, 0.05) is 12.0 Å². The molecule has 0 saturated heterocycles. The number of nitrogens with one attached hydrogen (secondary N) is 1. The third kappa shape index (κ3) is 3.00. The van der Waals surface area contributed by atoms with Crippen LogP contribution in [0.3, 0.4) is 0 Å². The molecule has 0 aliphatic carbocycles. The van der Waals surface area contributed by atoms with Crippen LogP contribution in [-0.2, 0) is 5.41 Å². The molecule has 0 radical (unpaired) electrons. The Morgan fingerprint density at radius 3 is 2.40 bits per heavy atom. The molecule has 2 nitrogen and oxygen atoms in total. The van der Waals surface area contributed by atoms with Crippen molar-refractivity contribution >= 4 is 5.69 Å². The van der Waals surface area contributed by atoms with Crippen molar-refractivity contribution in [2.24, 2.45) is 0 Å². The summed E-state index contributed by atoms with van der Waals surface area (Å²) in [4.78, 5) is 0. The second kappa shape index (κ2) is 5.79. The summed E-state index contributed by atoms with van der Waals surface area (Å²) in [6.45, 7) is 7.23. The van der Waals surface area contributed by atoms with Crippen molar-refractivity contribution in [1.29, 1.82) is 5.26 Å². The topological polar surface area (TPSA) is 35.8 Å². The fourth-order valence-corrected chi connectivity index (χ4v) is 2.30. The van der Waals surface area contributed by atoms with E-state index in [-0.39, 0.29) is 5.41 Å². The van der Waals surface area contributed by atoms with Gasteiger partial charge in [-0.05, 0) is 24.1 Å². The predicted molar refractivity (Wildman–Crippen MR) is 83.9 cm³/mol. The molecule has 0 unspecified atom stereocenters. The van der Waals surface area contributed by atoms with Crippen LogP contribution >= 0.6 is 0 Å². The van der Waals surface area contributed by atoms with Crippen LogP contribution in [0.5, 0.6) is 0 Å². The molecule has 0 fully saturated rings.